The Hall–Kier alpha value is -2.08. The van der Waals surface area contributed by atoms with Gasteiger partial charge in [0.15, 0.2) is 5.96 Å². The molecule has 1 fully saturated rings. The van der Waals surface area contributed by atoms with Gasteiger partial charge in [0.2, 0.25) is 0 Å². The molecule has 27 heavy (non-hydrogen) atoms. The van der Waals surface area contributed by atoms with Gasteiger partial charge >= 0.3 is 0 Å². The van der Waals surface area contributed by atoms with Crippen molar-refractivity contribution >= 4 is 16.9 Å². The highest BCUT2D eigenvalue weighted by Crippen LogP contribution is 2.20. The fourth-order valence-corrected chi connectivity index (χ4v) is 3.76. The van der Waals surface area contributed by atoms with Crippen molar-refractivity contribution < 1.29 is 4.39 Å². The number of nitrogens with zero attached hydrogens (tertiary/aromatic N) is 2. The average Bonchev–Trinajstić information content (AvgIpc) is 3.19. The molecule has 5 nitrogen and oxygen atoms in total. The first-order valence-electron chi connectivity index (χ1n) is 10.0. The summed E-state index contributed by atoms with van der Waals surface area (Å²) in [5.41, 5.74) is 2.01. The second kappa shape index (κ2) is 8.74. The summed E-state index contributed by atoms with van der Waals surface area (Å²) >= 11 is 0. The third kappa shape index (κ3) is 4.80. The molecule has 1 aliphatic rings. The maximum Gasteiger partial charge on any atom is 0.191 e. The molecule has 1 aromatic carbocycles. The van der Waals surface area contributed by atoms with Gasteiger partial charge in [-0.15, -0.1) is 0 Å². The van der Waals surface area contributed by atoms with E-state index >= 15 is 0 Å². The molecular formula is C21H32FN5. The zero-order chi connectivity index (χ0) is 19.4. The number of benzene rings is 1. The van der Waals surface area contributed by atoms with Crippen LogP contribution in [0.1, 0.15) is 33.3 Å². The van der Waals surface area contributed by atoms with Gasteiger partial charge in [0.25, 0.3) is 0 Å². The molecule has 3 rings (SSSR count). The average molecular weight is 374 g/mol. The monoisotopic (exact) mass is 373 g/mol. The lowest BCUT2D eigenvalue weighted by Crippen LogP contribution is -2.46. The predicted octanol–water partition coefficient (Wildman–Crippen LogP) is 3.13. The largest absolute Gasteiger partial charge is 0.361 e. The zero-order valence-electron chi connectivity index (χ0n) is 16.8. The third-order valence-corrected chi connectivity index (χ3v) is 5.42. The zero-order valence-corrected chi connectivity index (χ0v) is 16.8. The molecule has 0 amide bonds. The van der Waals surface area contributed by atoms with E-state index in [0.717, 1.165) is 42.9 Å². The van der Waals surface area contributed by atoms with Crippen molar-refractivity contribution in [2.24, 2.45) is 10.9 Å². The molecule has 3 N–H and O–H groups in total. The predicted molar refractivity (Wildman–Crippen MR) is 111 cm³/mol. The molecule has 0 saturated carbocycles. The van der Waals surface area contributed by atoms with E-state index in [9.17, 15) is 4.39 Å². The van der Waals surface area contributed by atoms with Crippen molar-refractivity contribution in [3.63, 3.8) is 0 Å². The molecule has 2 aromatic rings. The Bertz CT molecular complexity index is 782. The maximum atomic E-state index is 13.3. The third-order valence-electron chi connectivity index (χ3n) is 5.42. The van der Waals surface area contributed by atoms with E-state index in [1.807, 2.05) is 12.3 Å². The minimum absolute atomic E-state index is 0.214. The summed E-state index contributed by atoms with van der Waals surface area (Å²) in [6.07, 6.45) is 2.78. The van der Waals surface area contributed by atoms with Gasteiger partial charge in [-0.2, -0.15) is 0 Å². The van der Waals surface area contributed by atoms with Crippen molar-refractivity contribution in [3.05, 3.63) is 35.8 Å². The lowest BCUT2D eigenvalue weighted by Gasteiger charge is -2.21. The number of hydrogen-bond acceptors (Lipinski definition) is 2. The number of halogens is 1. The van der Waals surface area contributed by atoms with Crippen molar-refractivity contribution in [2.75, 3.05) is 26.2 Å². The highest BCUT2D eigenvalue weighted by molar-refractivity contribution is 5.83. The number of likely N-dealkylation sites (tertiary alicyclic amines) is 1. The molecule has 1 aliphatic heterocycles. The van der Waals surface area contributed by atoms with Crippen LogP contribution in [0.5, 0.6) is 0 Å². The molecule has 0 bridgehead atoms. The fraction of sp³-hybridized carbons (Fsp3) is 0.571. The number of hydrogen-bond donors (Lipinski definition) is 3. The Morgan fingerprint density at radius 2 is 2.19 bits per heavy atom. The van der Waals surface area contributed by atoms with Crippen molar-refractivity contribution in [2.45, 2.75) is 46.2 Å². The molecule has 2 atom stereocenters. The van der Waals surface area contributed by atoms with Gasteiger partial charge in [-0.25, -0.2) is 4.39 Å². The first-order valence-corrected chi connectivity index (χ1v) is 10.0. The molecule has 1 saturated heterocycles. The topological polar surface area (TPSA) is 55.5 Å². The molecule has 2 unspecified atom stereocenters. The van der Waals surface area contributed by atoms with Crippen LogP contribution in [0.2, 0.25) is 0 Å². The van der Waals surface area contributed by atoms with E-state index in [4.69, 9.17) is 4.99 Å². The summed E-state index contributed by atoms with van der Waals surface area (Å²) in [5, 5.41) is 8.05. The molecule has 0 radical (unpaired) electrons. The number of aromatic amines is 1. The molecule has 148 valence electrons. The first-order chi connectivity index (χ1) is 13.0. The summed E-state index contributed by atoms with van der Waals surface area (Å²) in [7, 11) is 0. The van der Waals surface area contributed by atoms with Crippen LogP contribution in [0, 0.1) is 11.7 Å². The van der Waals surface area contributed by atoms with Crippen LogP contribution in [0.15, 0.2) is 29.4 Å². The number of fused-ring (bicyclic) bond motifs is 1. The van der Waals surface area contributed by atoms with E-state index < -0.39 is 0 Å². The number of aliphatic imine (C=N–C) groups is 1. The minimum Gasteiger partial charge on any atom is -0.361 e. The summed E-state index contributed by atoms with van der Waals surface area (Å²) in [6, 6.07) is 5.88. The number of rotatable bonds is 6. The van der Waals surface area contributed by atoms with E-state index in [2.05, 4.69) is 48.2 Å². The van der Waals surface area contributed by atoms with Gasteiger partial charge < -0.3 is 15.6 Å². The smallest absolute Gasteiger partial charge is 0.191 e. The molecule has 1 aromatic heterocycles. The Morgan fingerprint density at radius 3 is 2.89 bits per heavy atom. The fourth-order valence-electron chi connectivity index (χ4n) is 3.76. The SMILES string of the molecule is CCNC(=NCCc1c[nH]c2cc(F)ccc12)NC1CN(C(C)C)CC1C. The van der Waals surface area contributed by atoms with Crippen LogP contribution in [0.4, 0.5) is 4.39 Å². The summed E-state index contributed by atoms with van der Waals surface area (Å²) in [4.78, 5) is 10.4. The van der Waals surface area contributed by atoms with Crippen molar-refractivity contribution in [3.8, 4) is 0 Å². The van der Waals surface area contributed by atoms with Gasteiger partial charge in [0.1, 0.15) is 5.82 Å². The van der Waals surface area contributed by atoms with Crippen LogP contribution in [-0.4, -0.2) is 54.1 Å². The van der Waals surface area contributed by atoms with E-state index in [1.165, 1.54) is 17.7 Å². The molecule has 2 heterocycles. The van der Waals surface area contributed by atoms with Crippen molar-refractivity contribution in [1.29, 1.82) is 0 Å². The lowest BCUT2D eigenvalue weighted by atomic mass is 10.1. The highest BCUT2D eigenvalue weighted by Gasteiger charge is 2.31. The Kier molecular flexibility index (Phi) is 6.37. The van der Waals surface area contributed by atoms with Crippen LogP contribution in [-0.2, 0) is 6.42 Å². The van der Waals surface area contributed by atoms with E-state index in [-0.39, 0.29) is 5.82 Å². The molecular weight excluding hydrogens is 341 g/mol. The second-order valence-corrected chi connectivity index (χ2v) is 7.79. The lowest BCUT2D eigenvalue weighted by molar-refractivity contribution is 0.265. The normalized spacial score (nSPS) is 21.3. The highest BCUT2D eigenvalue weighted by atomic mass is 19.1. The van der Waals surface area contributed by atoms with Gasteiger partial charge in [0.05, 0.1) is 0 Å². The summed E-state index contributed by atoms with van der Waals surface area (Å²) < 4.78 is 13.3. The van der Waals surface area contributed by atoms with Gasteiger partial charge in [0, 0.05) is 55.4 Å². The molecule has 6 heteroatoms. The van der Waals surface area contributed by atoms with Gasteiger partial charge in [-0.3, -0.25) is 9.89 Å². The Labute approximate surface area is 161 Å². The molecule has 0 spiro atoms. The van der Waals surface area contributed by atoms with Crippen LogP contribution >= 0.6 is 0 Å². The number of H-pyrrole nitrogens is 1. The summed E-state index contributed by atoms with van der Waals surface area (Å²) in [6.45, 7) is 12.6. The maximum absolute atomic E-state index is 13.3. The number of nitrogens with one attached hydrogen (secondary N) is 3. The van der Waals surface area contributed by atoms with Gasteiger partial charge in [-0.1, -0.05) is 6.92 Å². The number of guanidine groups is 1. The minimum atomic E-state index is -0.214. The van der Waals surface area contributed by atoms with Gasteiger partial charge in [-0.05, 0) is 56.9 Å². The standard InChI is InChI=1S/C21H32FN5/c1-5-23-21(26-20-13-27(14(2)3)12-15(20)4)24-9-8-16-11-25-19-10-17(22)6-7-18(16)19/h6-7,10-11,14-15,20,25H,5,8-9,12-13H2,1-4H3,(H2,23,24,26). The molecule has 0 aliphatic carbocycles. The van der Waals surface area contributed by atoms with E-state index in [1.54, 1.807) is 0 Å². The Balaban J connectivity index is 1.62. The van der Waals surface area contributed by atoms with E-state index in [0.29, 0.717) is 24.5 Å². The Morgan fingerprint density at radius 1 is 1.37 bits per heavy atom. The van der Waals surface area contributed by atoms with Crippen LogP contribution < -0.4 is 10.6 Å². The second-order valence-electron chi connectivity index (χ2n) is 7.79. The quantitative estimate of drug-likeness (QED) is 0.539. The van der Waals surface area contributed by atoms with Crippen LogP contribution in [0.3, 0.4) is 0 Å². The van der Waals surface area contributed by atoms with Crippen molar-refractivity contribution in [1.82, 2.24) is 20.5 Å². The van der Waals surface area contributed by atoms with Crippen LogP contribution in [0.25, 0.3) is 10.9 Å². The first kappa shape index (κ1) is 19.7. The number of aromatic nitrogens is 1. The summed E-state index contributed by atoms with van der Waals surface area (Å²) in [5.74, 6) is 1.26.